The Morgan fingerprint density at radius 2 is 1.69 bits per heavy atom. The quantitative estimate of drug-likeness (QED) is 0.417. The van der Waals surface area contributed by atoms with Gasteiger partial charge < -0.3 is 4.43 Å². The van der Waals surface area contributed by atoms with Crippen molar-refractivity contribution >= 4 is 24.2 Å². The van der Waals surface area contributed by atoms with E-state index in [1.165, 1.54) is 32.1 Å². The molecular formula is C10H21BrOSi. The van der Waals surface area contributed by atoms with Gasteiger partial charge in [-0.05, 0) is 32.5 Å². The van der Waals surface area contributed by atoms with Gasteiger partial charge in [-0.15, -0.1) is 0 Å². The number of hydrogen-bond acceptors (Lipinski definition) is 1. The molecule has 0 spiro atoms. The first-order valence-corrected chi connectivity index (χ1v) is 9.63. The Bertz CT molecular complexity index is 155. The Morgan fingerprint density at radius 1 is 1.08 bits per heavy atom. The van der Waals surface area contributed by atoms with E-state index >= 15 is 0 Å². The van der Waals surface area contributed by atoms with Gasteiger partial charge in [0.1, 0.15) is 0 Å². The lowest BCUT2D eigenvalue weighted by Gasteiger charge is -2.28. The first-order chi connectivity index (χ1) is 5.99. The van der Waals surface area contributed by atoms with E-state index in [1.54, 1.807) is 0 Å². The molecule has 78 valence electrons. The van der Waals surface area contributed by atoms with Crippen molar-refractivity contribution in [3.8, 4) is 0 Å². The fourth-order valence-electron chi connectivity index (χ4n) is 1.82. The number of alkyl halides is 1. The van der Waals surface area contributed by atoms with Gasteiger partial charge in [0.05, 0.1) is 6.10 Å². The van der Waals surface area contributed by atoms with E-state index in [9.17, 15) is 0 Å². The Hall–Kier alpha value is 0.657. The minimum atomic E-state index is -1.34. The topological polar surface area (TPSA) is 9.23 Å². The fraction of sp³-hybridized carbons (Fsp3) is 1.00. The van der Waals surface area contributed by atoms with Crippen LogP contribution in [-0.2, 0) is 4.43 Å². The Morgan fingerprint density at radius 3 is 2.31 bits per heavy atom. The first kappa shape index (κ1) is 11.7. The maximum Gasteiger partial charge on any atom is 0.184 e. The lowest BCUT2D eigenvalue weighted by Crippen LogP contribution is -2.36. The van der Waals surface area contributed by atoms with Crippen molar-refractivity contribution in [2.24, 2.45) is 0 Å². The molecule has 1 nitrogen and oxygen atoms in total. The largest absolute Gasteiger partial charge is 0.414 e. The van der Waals surface area contributed by atoms with Crippen LogP contribution in [0.2, 0.25) is 19.6 Å². The second-order valence-corrected chi connectivity index (χ2v) is 10.6. The second kappa shape index (κ2) is 4.94. The van der Waals surface area contributed by atoms with Crippen LogP contribution in [0.4, 0.5) is 0 Å². The maximum atomic E-state index is 6.16. The van der Waals surface area contributed by atoms with Crippen molar-refractivity contribution in [3.63, 3.8) is 0 Å². The zero-order chi connectivity index (χ0) is 9.90. The molecule has 1 saturated carbocycles. The van der Waals surface area contributed by atoms with Crippen molar-refractivity contribution < 1.29 is 4.43 Å². The van der Waals surface area contributed by atoms with E-state index in [2.05, 4.69) is 35.6 Å². The van der Waals surface area contributed by atoms with Gasteiger partial charge in [0.15, 0.2) is 8.32 Å². The van der Waals surface area contributed by atoms with E-state index in [1.807, 2.05) is 0 Å². The zero-order valence-electron chi connectivity index (χ0n) is 8.98. The van der Waals surface area contributed by atoms with Crippen molar-refractivity contribution in [3.05, 3.63) is 0 Å². The van der Waals surface area contributed by atoms with Gasteiger partial charge in [-0.3, -0.25) is 0 Å². The SMILES string of the molecule is C[Si](C)(C)O[C@@H]1CCCCC[C@H]1Br. The third-order valence-corrected chi connectivity index (χ3v) is 4.43. The minimum Gasteiger partial charge on any atom is -0.414 e. The highest BCUT2D eigenvalue weighted by Crippen LogP contribution is 2.27. The predicted octanol–water partition coefficient (Wildman–Crippen LogP) is 3.93. The average molecular weight is 265 g/mol. The fourth-order valence-corrected chi connectivity index (χ4v) is 3.90. The molecule has 0 N–H and O–H groups in total. The molecule has 0 unspecified atom stereocenters. The first-order valence-electron chi connectivity index (χ1n) is 5.31. The molecule has 0 amide bonds. The van der Waals surface area contributed by atoms with Crippen LogP contribution in [0, 0.1) is 0 Å². The summed E-state index contributed by atoms with van der Waals surface area (Å²) in [7, 11) is -1.34. The normalized spacial score (nSPS) is 31.4. The molecule has 0 aromatic carbocycles. The molecule has 0 aromatic heterocycles. The lowest BCUT2D eigenvalue weighted by molar-refractivity contribution is 0.184. The van der Waals surface area contributed by atoms with E-state index in [0.717, 1.165) is 0 Å². The highest BCUT2D eigenvalue weighted by atomic mass is 79.9. The van der Waals surface area contributed by atoms with E-state index in [-0.39, 0.29) is 0 Å². The molecule has 0 radical (unpaired) electrons. The molecule has 0 aliphatic heterocycles. The molecule has 1 aliphatic carbocycles. The third-order valence-electron chi connectivity index (χ3n) is 2.38. The summed E-state index contributed by atoms with van der Waals surface area (Å²) in [5.41, 5.74) is 0. The minimum absolute atomic E-state index is 0.481. The van der Waals surface area contributed by atoms with E-state index < -0.39 is 8.32 Å². The summed E-state index contributed by atoms with van der Waals surface area (Å²) in [4.78, 5) is 0.599. The summed E-state index contributed by atoms with van der Waals surface area (Å²) < 4.78 is 6.16. The van der Waals surface area contributed by atoms with Crippen LogP contribution in [0.3, 0.4) is 0 Å². The van der Waals surface area contributed by atoms with Crippen LogP contribution in [-0.4, -0.2) is 19.2 Å². The average Bonchev–Trinajstić information content (AvgIpc) is 2.14. The zero-order valence-corrected chi connectivity index (χ0v) is 11.6. The van der Waals surface area contributed by atoms with E-state index in [0.29, 0.717) is 10.9 Å². The highest BCUT2D eigenvalue weighted by molar-refractivity contribution is 9.09. The monoisotopic (exact) mass is 264 g/mol. The molecule has 13 heavy (non-hydrogen) atoms. The summed E-state index contributed by atoms with van der Waals surface area (Å²) in [6.07, 6.45) is 7.11. The second-order valence-electron chi connectivity index (χ2n) is 4.92. The van der Waals surface area contributed by atoms with Crippen molar-refractivity contribution in [2.75, 3.05) is 0 Å². The highest BCUT2D eigenvalue weighted by Gasteiger charge is 2.27. The van der Waals surface area contributed by atoms with Crippen LogP contribution in [0.5, 0.6) is 0 Å². The summed E-state index contributed by atoms with van der Waals surface area (Å²) in [5, 5.41) is 0. The predicted molar refractivity (Wildman–Crippen MR) is 64.0 cm³/mol. The molecule has 1 fully saturated rings. The summed E-state index contributed by atoms with van der Waals surface area (Å²) in [5.74, 6) is 0. The molecule has 1 aliphatic rings. The molecule has 0 saturated heterocycles. The van der Waals surface area contributed by atoms with Crippen LogP contribution >= 0.6 is 15.9 Å². The van der Waals surface area contributed by atoms with Crippen LogP contribution < -0.4 is 0 Å². The molecule has 1 rings (SSSR count). The van der Waals surface area contributed by atoms with Gasteiger partial charge in [0.25, 0.3) is 0 Å². The molecule has 0 aromatic rings. The van der Waals surface area contributed by atoms with Gasteiger partial charge in [0, 0.05) is 4.83 Å². The van der Waals surface area contributed by atoms with Gasteiger partial charge >= 0.3 is 0 Å². The summed E-state index contributed by atoms with van der Waals surface area (Å²) >= 11 is 3.75. The lowest BCUT2D eigenvalue weighted by atomic mass is 10.2. The van der Waals surface area contributed by atoms with Crippen molar-refractivity contribution in [1.82, 2.24) is 0 Å². The van der Waals surface area contributed by atoms with Gasteiger partial charge in [-0.25, -0.2) is 0 Å². The van der Waals surface area contributed by atoms with Crippen LogP contribution in [0.25, 0.3) is 0 Å². The maximum absolute atomic E-state index is 6.16. The number of hydrogen-bond donors (Lipinski definition) is 0. The smallest absolute Gasteiger partial charge is 0.184 e. The van der Waals surface area contributed by atoms with Crippen LogP contribution in [0.15, 0.2) is 0 Å². The summed E-state index contributed by atoms with van der Waals surface area (Å²) in [6.45, 7) is 6.83. The molecule has 0 bridgehead atoms. The van der Waals surface area contributed by atoms with Gasteiger partial charge in [-0.2, -0.15) is 0 Å². The van der Waals surface area contributed by atoms with Crippen LogP contribution in [0.1, 0.15) is 32.1 Å². The van der Waals surface area contributed by atoms with Crippen molar-refractivity contribution in [1.29, 1.82) is 0 Å². The summed E-state index contributed by atoms with van der Waals surface area (Å²) in [6, 6.07) is 0. The van der Waals surface area contributed by atoms with Crippen molar-refractivity contribution in [2.45, 2.75) is 62.7 Å². The Kier molecular flexibility index (Phi) is 4.46. The van der Waals surface area contributed by atoms with E-state index in [4.69, 9.17) is 4.43 Å². The third kappa shape index (κ3) is 4.61. The van der Waals surface area contributed by atoms with Gasteiger partial charge in [-0.1, -0.05) is 35.2 Å². The molecular weight excluding hydrogens is 244 g/mol. The Balaban J connectivity index is 2.45. The number of halogens is 1. The molecule has 2 atom stereocenters. The standard InChI is InChI=1S/C10H21BrOSi/c1-13(2,3)12-10-8-6-4-5-7-9(10)11/h9-10H,4-8H2,1-3H3/t9-,10-/m1/s1. The number of rotatable bonds is 2. The Labute approximate surface area is 91.5 Å². The molecule has 0 heterocycles. The molecule has 3 heteroatoms. The van der Waals surface area contributed by atoms with Gasteiger partial charge in [0.2, 0.25) is 0 Å².